The Morgan fingerprint density at radius 1 is 0.869 bits per heavy atom. The molecular formula is C42H48F3N5O8S3. The highest BCUT2D eigenvalue weighted by atomic mass is 32.2. The zero-order chi connectivity index (χ0) is 45.3. The van der Waals surface area contributed by atoms with Crippen molar-refractivity contribution in [2.45, 2.75) is 89.0 Å². The topological polar surface area (TPSA) is 203 Å². The van der Waals surface area contributed by atoms with Crippen molar-refractivity contribution in [1.82, 2.24) is 4.31 Å². The van der Waals surface area contributed by atoms with Crippen LogP contribution in [-0.2, 0) is 41.1 Å². The molecule has 0 amide bonds. The summed E-state index contributed by atoms with van der Waals surface area (Å²) in [6.45, 7) is 8.18. The predicted octanol–water partition coefficient (Wildman–Crippen LogP) is 7.18. The van der Waals surface area contributed by atoms with Crippen molar-refractivity contribution in [3.05, 3.63) is 105 Å². The number of likely N-dealkylation sites (N-methyl/N-ethyl adjacent to an activating group) is 1. The summed E-state index contributed by atoms with van der Waals surface area (Å²) in [6.07, 6.45) is 8.35. The Morgan fingerprint density at radius 3 is 2.10 bits per heavy atom. The summed E-state index contributed by atoms with van der Waals surface area (Å²) in [7, 11) is -13.7. The Bertz CT molecular complexity index is 2690. The van der Waals surface area contributed by atoms with Crippen LogP contribution in [0.1, 0.15) is 94.9 Å². The molecule has 0 spiro atoms. The number of anilines is 1. The highest BCUT2D eigenvalue weighted by Gasteiger charge is 2.50. The molecule has 1 aliphatic carbocycles. The van der Waals surface area contributed by atoms with Gasteiger partial charge in [0.1, 0.15) is 6.54 Å². The Balaban J connectivity index is 1.66. The first-order valence-corrected chi connectivity index (χ1v) is 24.2. The summed E-state index contributed by atoms with van der Waals surface area (Å²) in [6, 6.07) is 14.5. The zero-order valence-corrected chi connectivity index (χ0v) is 36.9. The summed E-state index contributed by atoms with van der Waals surface area (Å²) in [5.74, 6) is -1.02. The second-order valence-electron chi connectivity index (χ2n) is 16.3. The van der Waals surface area contributed by atoms with E-state index in [1.54, 1.807) is 60.7 Å². The van der Waals surface area contributed by atoms with Gasteiger partial charge in [0.2, 0.25) is 5.69 Å². The number of alkyl halides is 3. The van der Waals surface area contributed by atoms with E-state index in [1.165, 1.54) is 0 Å². The lowest BCUT2D eigenvalue weighted by atomic mass is 9.80. The number of benzene rings is 2. The first-order chi connectivity index (χ1) is 28.2. The number of nitrogens with zero attached hydrogens (tertiary/aromatic N) is 5. The van der Waals surface area contributed by atoms with Gasteiger partial charge in [-0.05, 0) is 105 Å². The summed E-state index contributed by atoms with van der Waals surface area (Å²) >= 11 is 0. The molecule has 328 valence electrons. The quantitative estimate of drug-likeness (QED) is 0.108. The maximum Gasteiger partial charge on any atom is 0.516 e. The molecule has 19 heteroatoms. The molecule has 0 unspecified atom stereocenters. The predicted molar refractivity (Wildman–Crippen MR) is 224 cm³/mol. The molecule has 0 aromatic heterocycles. The molecule has 0 atom stereocenters. The van der Waals surface area contributed by atoms with E-state index in [2.05, 4.69) is 12.1 Å². The molecular weight excluding hydrogens is 856 g/mol. The van der Waals surface area contributed by atoms with E-state index < -0.39 is 58.1 Å². The van der Waals surface area contributed by atoms with Gasteiger partial charge in [-0.25, -0.2) is 8.42 Å². The SMILES string of the molecule is CN(C1=C(/C=C/C2=[N+](CCCCS(=O)(=O)[O-])c3ccc(C#N)cc3C2(C)C)CCC/C1=C\C=C1\N(CCCCS(=O)(=O)O)c2ccc(C#N)cc2C1(C)C)S(=O)(=O)C(F)(F)F. The molecule has 0 bridgehead atoms. The Hall–Kier alpha value is -4.79. The third-order valence-electron chi connectivity index (χ3n) is 11.5. The molecule has 5 rings (SSSR count). The van der Waals surface area contributed by atoms with Crippen LogP contribution in [0, 0.1) is 22.7 Å². The minimum absolute atomic E-state index is 0.0772. The van der Waals surface area contributed by atoms with E-state index in [4.69, 9.17) is 0 Å². The van der Waals surface area contributed by atoms with Crippen molar-refractivity contribution in [2.75, 3.05) is 36.5 Å². The first-order valence-electron chi connectivity index (χ1n) is 19.5. The van der Waals surface area contributed by atoms with E-state index in [0.29, 0.717) is 59.5 Å². The Kier molecular flexibility index (Phi) is 13.6. The van der Waals surface area contributed by atoms with Crippen LogP contribution in [0.3, 0.4) is 0 Å². The highest BCUT2D eigenvalue weighted by Crippen LogP contribution is 2.49. The fraction of sp³-hybridized carbons (Fsp3) is 0.452. The number of hydrogen-bond acceptors (Lipinski definition) is 10. The maximum absolute atomic E-state index is 14.3. The summed E-state index contributed by atoms with van der Waals surface area (Å²) in [4.78, 5) is 1.93. The van der Waals surface area contributed by atoms with Crippen molar-refractivity contribution < 1.29 is 52.1 Å². The molecule has 3 aliphatic rings. The molecule has 0 fully saturated rings. The molecule has 2 aliphatic heterocycles. The molecule has 2 heterocycles. The summed E-state index contributed by atoms with van der Waals surface area (Å²) < 4.78 is 137. The molecule has 2 aromatic rings. The minimum Gasteiger partial charge on any atom is -0.748 e. The molecule has 2 aromatic carbocycles. The molecule has 0 saturated carbocycles. The third kappa shape index (κ3) is 10.1. The Morgan fingerprint density at radius 2 is 1.49 bits per heavy atom. The molecule has 13 nitrogen and oxygen atoms in total. The number of hydrogen-bond donors (Lipinski definition) is 1. The number of unbranched alkanes of at least 4 members (excludes halogenated alkanes) is 2. The lowest BCUT2D eigenvalue weighted by Gasteiger charge is -2.31. The number of allylic oxidation sites excluding steroid dienone is 7. The van der Waals surface area contributed by atoms with E-state index in [-0.39, 0.29) is 42.2 Å². The smallest absolute Gasteiger partial charge is 0.516 e. The summed E-state index contributed by atoms with van der Waals surface area (Å²) in [5, 5.41) is 19.3. The van der Waals surface area contributed by atoms with Crippen LogP contribution >= 0.6 is 0 Å². The van der Waals surface area contributed by atoms with Crippen LogP contribution in [0.2, 0.25) is 0 Å². The van der Waals surface area contributed by atoms with Gasteiger partial charge in [0, 0.05) is 60.3 Å². The lowest BCUT2D eigenvalue weighted by molar-refractivity contribution is -0.438. The van der Waals surface area contributed by atoms with E-state index in [1.807, 2.05) is 37.2 Å². The van der Waals surface area contributed by atoms with Crippen LogP contribution in [0.4, 0.5) is 24.5 Å². The maximum atomic E-state index is 14.3. The van der Waals surface area contributed by atoms with Crippen LogP contribution in [0.25, 0.3) is 0 Å². The highest BCUT2D eigenvalue weighted by molar-refractivity contribution is 7.90. The minimum atomic E-state index is -5.89. The second-order valence-corrected chi connectivity index (χ2v) is 21.4. The lowest BCUT2D eigenvalue weighted by Crippen LogP contribution is -2.39. The summed E-state index contributed by atoms with van der Waals surface area (Å²) in [5.41, 5.74) is -1.60. The van der Waals surface area contributed by atoms with Gasteiger partial charge in [-0.2, -0.15) is 45.1 Å². The van der Waals surface area contributed by atoms with Gasteiger partial charge in [0.05, 0.1) is 50.2 Å². The molecule has 0 radical (unpaired) electrons. The molecule has 0 saturated heterocycles. The number of sulfonamides is 1. The fourth-order valence-electron chi connectivity index (χ4n) is 8.35. The average Bonchev–Trinajstić information content (AvgIpc) is 3.51. The van der Waals surface area contributed by atoms with Crippen LogP contribution < -0.4 is 4.90 Å². The van der Waals surface area contributed by atoms with Gasteiger partial charge in [-0.1, -0.05) is 26.0 Å². The fourth-order valence-corrected chi connectivity index (χ4v) is 10.3. The van der Waals surface area contributed by atoms with E-state index >= 15 is 0 Å². The number of halogens is 3. The van der Waals surface area contributed by atoms with E-state index in [0.717, 1.165) is 29.5 Å². The van der Waals surface area contributed by atoms with Crippen molar-refractivity contribution in [2.24, 2.45) is 0 Å². The molecule has 1 N–H and O–H groups in total. The largest absolute Gasteiger partial charge is 0.748 e. The number of nitriles is 2. The van der Waals surface area contributed by atoms with Crippen LogP contribution in [0.15, 0.2) is 83.2 Å². The average molecular weight is 904 g/mol. The third-order valence-corrected chi connectivity index (χ3v) is 14.5. The zero-order valence-electron chi connectivity index (χ0n) is 34.5. The van der Waals surface area contributed by atoms with Crippen molar-refractivity contribution in [3.63, 3.8) is 0 Å². The van der Waals surface area contributed by atoms with Crippen molar-refractivity contribution in [3.8, 4) is 12.1 Å². The van der Waals surface area contributed by atoms with Gasteiger partial charge in [0.25, 0.3) is 10.1 Å². The number of rotatable bonds is 15. The van der Waals surface area contributed by atoms with Crippen LogP contribution in [0.5, 0.6) is 0 Å². The second kappa shape index (κ2) is 17.5. The van der Waals surface area contributed by atoms with Gasteiger partial charge in [0.15, 0.2) is 5.71 Å². The van der Waals surface area contributed by atoms with Gasteiger partial charge < -0.3 is 9.45 Å². The van der Waals surface area contributed by atoms with Crippen molar-refractivity contribution in [1.29, 1.82) is 10.5 Å². The standard InChI is InChI=1S/C42H48F3N5O8S3/c1-40(2)33-25-29(27-46)13-17-35(33)49(21-6-8-23-59(51,52)53)37(40)19-15-31-11-10-12-32(39(31)48(5)61(57,58)42(43,44)45)16-20-38-41(3,4)34-26-30(28-47)14-18-36(34)50(38)22-7-9-24-60(54,55)56/h13-20,25-26H,6-12,21-24H2,1-5H3,(H-,51,52,53,54,55,56). The normalized spacial score (nSPS) is 19.1. The van der Waals surface area contributed by atoms with Crippen LogP contribution in [-0.4, -0.2) is 86.1 Å². The first kappa shape index (κ1) is 47.3. The van der Waals surface area contributed by atoms with Gasteiger partial charge >= 0.3 is 15.5 Å². The van der Waals surface area contributed by atoms with Gasteiger partial charge in [-0.15, -0.1) is 0 Å². The van der Waals surface area contributed by atoms with E-state index in [9.17, 15) is 58.1 Å². The Labute approximate surface area is 356 Å². The number of fused-ring (bicyclic) bond motifs is 2. The molecule has 61 heavy (non-hydrogen) atoms. The monoisotopic (exact) mass is 903 g/mol. The van der Waals surface area contributed by atoms with Crippen molar-refractivity contribution >= 4 is 47.3 Å². The van der Waals surface area contributed by atoms with Gasteiger partial charge in [-0.3, -0.25) is 8.86 Å².